The van der Waals surface area contributed by atoms with Crippen molar-refractivity contribution in [3.8, 4) is 0 Å². The van der Waals surface area contributed by atoms with Crippen molar-refractivity contribution >= 4 is 46.3 Å². The molecule has 3 heterocycles. The van der Waals surface area contributed by atoms with Gasteiger partial charge in [-0.2, -0.15) is 0 Å². The van der Waals surface area contributed by atoms with Gasteiger partial charge in [0.15, 0.2) is 5.76 Å². The maximum atomic E-state index is 12.4. The topological polar surface area (TPSA) is 89.2 Å². The second-order valence-electron chi connectivity index (χ2n) is 5.14. The third kappa shape index (κ3) is 3.86. The third-order valence-corrected chi connectivity index (χ3v) is 4.80. The Labute approximate surface area is 147 Å². The molecule has 0 spiro atoms. The van der Waals surface area contributed by atoms with Crippen LogP contribution in [-0.2, 0) is 19.1 Å². The molecule has 3 rings (SSSR count). The number of hydrogen-bond acceptors (Lipinski definition) is 7. The first-order valence-electron chi connectivity index (χ1n) is 7.34. The second kappa shape index (κ2) is 7.47. The molecule has 7 nitrogen and oxygen atoms in total. The van der Waals surface area contributed by atoms with E-state index in [0.29, 0.717) is 46.9 Å². The van der Waals surface area contributed by atoms with Crippen molar-refractivity contribution in [3.63, 3.8) is 0 Å². The van der Waals surface area contributed by atoms with Gasteiger partial charge in [0.05, 0.1) is 18.1 Å². The maximum absolute atomic E-state index is 12.4. The number of thiocarbonyl (C=S) groups is 1. The Kier molecular flexibility index (Phi) is 5.34. The molecule has 0 bridgehead atoms. The van der Waals surface area contributed by atoms with E-state index in [-0.39, 0.29) is 12.3 Å². The normalized spacial score (nSPS) is 20.5. The minimum absolute atomic E-state index is 0.000952. The van der Waals surface area contributed by atoms with Gasteiger partial charge in [-0.05, 0) is 18.6 Å². The summed E-state index contributed by atoms with van der Waals surface area (Å²) in [7, 11) is 0. The average Bonchev–Trinajstić information content (AvgIpc) is 3.24. The number of carbonyl (C=O) groups excluding carboxylic acids is 1. The summed E-state index contributed by atoms with van der Waals surface area (Å²) in [6.45, 7) is 1.34. The fraction of sp³-hybridized carbons (Fsp3) is 0.400. The van der Waals surface area contributed by atoms with E-state index in [1.807, 2.05) is 0 Å². The molecule has 0 saturated carbocycles. The van der Waals surface area contributed by atoms with Gasteiger partial charge < -0.3 is 19.0 Å². The zero-order valence-corrected chi connectivity index (χ0v) is 14.2. The number of thioether (sulfide) groups is 1. The molecule has 2 saturated heterocycles. The van der Waals surface area contributed by atoms with Crippen LogP contribution in [0.5, 0.6) is 0 Å². The molecule has 1 aromatic heterocycles. The molecule has 1 amide bonds. The van der Waals surface area contributed by atoms with Gasteiger partial charge in [-0.25, -0.2) is 0 Å². The molecule has 1 aromatic rings. The quantitative estimate of drug-likeness (QED) is 0.604. The van der Waals surface area contributed by atoms with Gasteiger partial charge in [0.1, 0.15) is 10.1 Å². The lowest BCUT2D eigenvalue weighted by Crippen LogP contribution is -2.29. The molecule has 24 heavy (non-hydrogen) atoms. The molecular formula is C15H15NO6S2. The number of rotatable bonds is 6. The molecule has 0 unspecified atom stereocenters. The molecular weight excluding hydrogens is 354 g/mol. The third-order valence-electron chi connectivity index (χ3n) is 3.42. The number of ether oxygens (including phenoxy) is 2. The van der Waals surface area contributed by atoms with Crippen molar-refractivity contribution in [3.05, 3.63) is 28.6 Å². The Hall–Kier alpha value is -1.68. The summed E-state index contributed by atoms with van der Waals surface area (Å²) in [6, 6.07) is 3.48. The van der Waals surface area contributed by atoms with E-state index in [9.17, 15) is 9.59 Å². The van der Waals surface area contributed by atoms with Crippen molar-refractivity contribution in [1.29, 1.82) is 0 Å². The van der Waals surface area contributed by atoms with Crippen LogP contribution in [0.4, 0.5) is 0 Å². The molecule has 2 fully saturated rings. The van der Waals surface area contributed by atoms with Crippen molar-refractivity contribution in [1.82, 2.24) is 4.90 Å². The Bertz CT molecular complexity index is 692. The summed E-state index contributed by atoms with van der Waals surface area (Å²) >= 11 is 6.37. The summed E-state index contributed by atoms with van der Waals surface area (Å²) in [5, 5.41) is 8.67. The van der Waals surface area contributed by atoms with Gasteiger partial charge in [0.2, 0.25) is 6.29 Å². The summed E-state index contributed by atoms with van der Waals surface area (Å²) in [5.74, 6) is -0.0667. The van der Waals surface area contributed by atoms with Crippen LogP contribution in [0.1, 0.15) is 30.7 Å². The molecule has 2 aliphatic heterocycles. The number of carbonyl (C=O) groups is 2. The summed E-state index contributed by atoms with van der Waals surface area (Å²) in [5.41, 5.74) is 0. The highest BCUT2D eigenvalue weighted by molar-refractivity contribution is 8.26. The zero-order valence-electron chi connectivity index (χ0n) is 12.6. The number of nitrogens with zero attached hydrogens (tertiary/aromatic N) is 1. The van der Waals surface area contributed by atoms with Crippen LogP contribution >= 0.6 is 24.0 Å². The molecule has 0 aromatic carbocycles. The summed E-state index contributed by atoms with van der Waals surface area (Å²) in [6.07, 6.45) is 1.47. The molecule has 9 heteroatoms. The van der Waals surface area contributed by atoms with Crippen LogP contribution in [0.3, 0.4) is 0 Å². The van der Waals surface area contributed by atoms with Gasteiger partial charge in [-0.3, -0.25) is 14.5 Å². The van der Waals surface area contributed by atoms with Crippen LogP contribution in [0, 0.1) is 0 Å². The van der Waals surface area contributed by atoms with Gasteiger partial charge in [-0.1, -0.05) is 24.0 Å². The monoisotopic (exact) mass is 369 g/mol. The number of carboxylic acid groups (broad SMARTS) is 1. The molecule has 0 radical (unpaired) electrons. The van der Waals surface area contributed by atoms with Gasteiger partial charge >= 0.3 is 5.97 Å². The summed E-state index contributed by atoms with van der Waals surface area (Å²) in [4.78, 5) is 24.8. The van der Waals surface area contributed by atoms with E-state index >= 15 is 0 Å². The van der Waals surface area contributed by atoms with Crippen molar-refractivity contribution in [2.45, 2.75) is 19.1 Å². The van der Waals surface area contributed by atoms with Crippen molar-refractivity contribution in [2.75, 3.05) is 19.8 Å². The van der Waals surface area contributed by atoms with Crippen LogP contribution < -0.4 is 0 Å². The van der Waals surface area contributed by atoms with Crippen molar-refractivity contribution in [2.24, 2.45) is 0 Å². The summed E-state index contributed by atoms with van der Waals surface area (Å²) < 4.78 is 16.8. The fourth-order valence-electron chi connectivity index (χ4n) is 2.31. The van der Waals surface area contributed by atoms with E-state index in [0.717, 1.165) is 0 Å². The van der Waals surface area contributed by atoms with Crippen LogP contribution in [0.15, 0.2) is 21.5 Å². The molecule has 0 atom stereocenters. The lowest BCUT2D eigenvalue weighted by atomic mass is 10.3. The Balaban J connectivity index is 1.66. The maximum Gasteiger partial charge on any atom is 0.303 e. The second-order valence-corrected chi connectivity index (χ2v) is 6.82. The van der Waals surface area contributed by atoms with Crippen LogP contribution in [-0.4, -0.2) is 46.0 Å². The number of aliphatic carboxylic acids is 1. The van der Waals surface area contributed by atoms with Gasteiger partial charge in [0.25, 0.3) is 5.91 Å². The molecule has 2 aliphatic rings. The highest BCUT2D eigenvalue weighted by Gasteiger charge is 2.32. The standard InChI is InChI=1S/C15H15NO6S2/c17-12(18)2-1-5-16-13(19)11(24-15(16)23)8-9-3-4-10(22-9)14-20-6-7-21-14/h3-4,8,14H,1-2,5-7H2,(H,17,18)/b11-8-. The highest BCUT2D eigenvalue weighted by atomic mass is 32.2. The Morgan fingerprint density at radius 3 is 2.88 bits per heavy atom. The number of furan rings is 1. The van der Waals surface area contributed by atoms with Gasteiger partial charge in [0, 0.05) is 19.0 Å². The first-order chi connectivity index (χ1) is 11.5. The minimum Gasteiger partial charge on any atom is -0.481 e. The number of carboxylic acids is 1. The first kappa shape index (κ1) is 17.2. The van der Waals surface area contributed by atoms with E-state index in [4.69, 9.17) is 31.2 Å². The van der Waals surface area contributed by atoms with E-state index in [1.165, 1.54) is 16.7 Å². The average molecular weight is 369 g/mol. The lowest BCUT2D eigenvalue weighted by molar-refractivity contribution is -0.137. The Morgan fingerprint density at radius 1 is 1.42 bits per heavy atom. The predicted molar refractivity (Wildman–Crippen MR) is 90.1 cm³/mol. The lowest BCUT2D eigenvalue weighted by Gasteiger charge is -2.13. The molecule has 128 valence electrons. The van der Waals surface area contributed by atoms with Crippen molar-refractivity contribution < 1.29 is 28.6 Å². The number of hydrogen-bond donors (Lipinski definition) is 1. The first-order valence-corrected chi connectivity index (χ1v) is 8.57. The molecule has 0 aliphatic carbocycles. The highest BCUT2D eigenvalue weighted by Crippen LogP contribution is 2.34. The fourth-order valence-corrected chi connectivity index (χ4v) is 3.59. The minimum atomic E-state index is -0.893. The van der Waals surface area contributed by atoms with Crippen LogP contribution in [0.2, 0.25) is 0 Å². The Morgan fingerprint density at radius 2 is 2.17 bits per heavy atom. The predicted octanol–water partition coefficient (Wildman–Crippen LogP) is 2.39. The van der Waals surface area contributed by atoms with E-state index in [2.05, 4.69) is 0 Å². The SMILES string of the molecule is O=C(O)CCCN1C(=O)/C(=C/c2ccc(C3OCCO3)o2)SC1=S. The zero-order chi connectivity index (χ0) is 17.1. The van der Waals surface area contributed by atoms with E-state index in [1.54, 1.807) is 18.2 Å². The van der Waals surface area contributed by atoms with Crippen LogP contribution in [0.25, 0.3) is 6.08 Å². The largest absolute Gasteiger partial charge is 0.481 e. The molecule has 1 N–H and O–H groups in total. The van der Waals surface area contributed by atoms with E-state index < -0.39 is 12.3 Å². The van der Waals surface area contributed by atoms with Gasteiger partial charge in [-0.15, -0.1) is 0 Å². The smallest absolute Gasteiger partial charge is 0.303 e. The number of amides is 1.